The second kappa shape index (κ2) is 6.37. The van der Waals surface area contributed by atoms with Crippen LogP contribution >= 0.6 is 0 Å². The fourth-order valence-corrected chi connectivity index (χ4v) is 3.19. The van der Waals surface area contributed by atoms with Crippen molar-refractivity contribution in [3.05, 3.63) is 18.0 Å². The van der Waals surface area contributed by atoms with Crippen LogP contribution < -0.4 is 5.32 Å². The average molecular weight is 249 g/mol. The van der Waals surface area contributed by atoms with Crippen LogP contribution in [0.4, 0.5) is 0 Å². The number of rotatable bonds is 5. The molecule has 18 heavy (non-hydrogen) atoms. The SMILES string of the molecule is CCCn1cc(C(NC)C2CCC(C)CC2)cn1. The maximum absolute atomic E-state index is 4.46. The number of nitrogens with one attached hydrogen (secondary N) is 1. The van der Waals surface area contributed by atoms with E-state index in [-0.39, 0.29) is 0 Å². The van der Waals surface area contributed by atoms with Crippen molar-refractivity contribution in [2.24, 2.45) is 11.8 Å². The van der Waals surface area contributed by atoms with Crippen molar-refractivity contribution < 1.29 is 0 Å². The first-order valence-electron chi connectivity index (χ1n) is 7.44. The first-order chi connectivity index (χ1) is 8.74. The van der Waals surface area contributed by atoms with E-state index in [1.165, 1.54) is 31.2 Å². The van der Waals surface area contributed by atoms with Crippen LogP contribution in [0.3, 0.4) is 0 Å². The average Bonchev–Trinajstić information content (AvgIpc) is 2.82. The molecule has 102 valence electrons. The molecule has 1 fully saturated rings. The van der Waals surface area contributed by atoms with Crippen LogP contribution in [0.5, 0.6) is 0 Å². The molecular weight excluding hydrogens is 222 g/mol. The fraction of sp³-hybridized carbons (Fsp3) is 0.800. The van der Waals surface area contributed by atoms with Gasteiger partial charge in [0.25, 0.3) is 0 Å². The third-order valence-electron chi connectivity index (χ3n) is 4.31. The van der Waals surface area contributed by atoms with Crippen molar-refractivity contribution in [1.29, 1.82) is 0 Å². The van der Waals surface area contributed by atoms with E-state index < -0.39 is 0 Å². The van der Waals surface area contributed by atoms with Crippen LogP contribution in [0.1, 0.15) is 57.6 Å². The van der Waals surface area contributed by atoms with Crippen molar-refractivity contribution in [3.63, 3.8) is 0 Å². The largest absolute Gasteiger partial charge is 0.313 e. The van der Waals surface area contributed by atoms with Crippen LogP contribution in [-0.2, 0) is 6.54 Å². The van der Waals surface area contributed by atoms with E-state index in [4.69, 9.17) is 0 Å². The molecule has 1 unspecified atom stereocenters. The Bertz CT molecular complexity index is 350. The van der Waals surface area contributed by atoms with Gasteiger partial charge in [0.15, 0.2) is 0 Å². The van der Waals surface area contributed by atoms with E-state index in [2.05, 4.69) is 48.4 Å². The summed E-state index contributed by atoms with van der Waals surface area (Å²) in [6.45, 7) is 5.60. The van der Waals surface area contributed by atoms with Crippen molar-refractivity contribution >= 4 is 0 Å². The molecule has 0 radical (unpaired) electrons. The highest BCUT2D eigenvalue weighted by molar-refractivity contribution is 5.12. The lowest BCUT2D eigenvalue weighted by Gasteiger charge is -2.32. The zero-order valence-electron chi connectivity index (χ0n) is 12.0. The molecule has 1 aliphatic rings. The Labute approximate surface area is 111 Å². The van der Waals surface area contributed by atoms with Gasteiger partial charge in [0, 0.05) is 24.3 Å². The lowest BCUT2D eigenvalue weighted by atomic mass is 9.78. The molecular formula is C15H27N3. The van der Waals surface area contributed by atoms with E-state index in [1.54, 1.807) is 0 Å². The van der Waals surface area contributed by atoms with E-state index >= 15 is 0 Å². The quantitative estimate of drug-likeness (QED) is 0.867. The summed E-state index contributed by atoms with van der Waals surface area (Å²) in [7, 11) is 2.08. The highest BCUT2D eigenvalue weighted by Gasteiger charge is 2.26. The third-order valence-corrected chi connectivity index (χ3v) is 4.31. The summed E-state index contributed by atoms with van der Waals surface area (Å²) >= 11 is 0. The van der Waals surface area contributed by atoms with Gasteiger partial charge in [0.05, 0.1) is 6.20 Å². The predicted octanol–water partition coefficient (Wildman–Crippen LogP) is 3.38. The molecule has 1 heterocycles. The van der Waals surface area contributed by atoms with Gasteiger partial charge < -0.3 is 5.32 Å². The number of aryl methyl sites for hydroxylation is 1. The van der Waals surface area contributed by atoms with Gasteiger partial charge in [-0.3, -0.25) is 4.68 Å². The smallest absolute Gasteiger partial charge is 0.0537 e. The Morgan fingerprint density at radius 1 is 1.39 bits per heavy atom. The molecule has 3 heteroatoms. The molecule has 1 aromatic heterocycles. The van der Waals surface area contributed by atoms with Gasteiger partial charge in [-0.2, -0.15) is 5.10 Å². The lowest BCUT2D eigenvalue weighted by molar-refractivity contribution is 0.238. The van der Waals surface area contributed by atoms with Gasteiger partial charge in [-0.05, 0) is 38.1 Å². The molecule has 3 nitrogen and oxygen atoms in total. The molecule has 1 saturated carbocycles. The highest BCUT2D eigenvalue weighted by Crippen LogP contribution is 2.36. The normalized spacial score (nSPS) is 26.2. The fourth-order valence-electron chi connectivity index (χ4n) is 3.19. The van der Waals surface area contributed by atoms with Gasteiger partial charge in [-0.25, -0.2) is 0 Å². The Kier molecular flexibility index (Phi) is 4.81. The Morgan fingerprint density at radius 3 is 2.72 bits per heavy atom. The molecule has 1 atom stereocenters. The number of nitrogens with zero attached hydrogens (tertiary/aromatic N) is 2. The lowest BCUT2D eigenvalue weighted by Crippen LogP contribution is -2.28. The maximum Gasteiger partial charge on any atom is 0.0537 e. The monoisotopic (exact) mass is 249 g/mol. The zero-order valence-corrected chi connectivity index (χ0v) is 12.0. The van der Waals surface area contributed by atoms with Crippen molar-refractivity contribution in [2.75, 3.05) is 7.05 Å². The second-order valence-corrected chi connectivity index (χ2v) is 5.82. The van der Waals surface area contributed by atoms with Crippen LogP contribution in [-0.4, -0.2) is 16.8 Å². The molecule has 0 spiro atoms. The minimum atomic E-state index is 0.489. The number of aromatic nitrogens is 2. The first-order valence-corrected chi connectivity index (χ1v) is 7.44. The minimum absolute atomic E-state index is 0.489. The van der Waals surface area contributed by atoms with E-state index in [0.29, 0.717) is 6.04 Å². The standard InChI is InChI=1S/C15H27N3/c1-4-9-18-11-14(10-17-18)15(16-3)13-7-5-12(2)6-8-13/h10-13,15-16H,4-9H2,1-3H3. The molecule has 0 amide bonds. The van der Waals surface area contributed by atoms with Gasteiger partial charge in [-0.15, -0.1) is 0 Å². The van der Waals surface area contributed by atoms with Crippen LogP contribution in [0, 0.1) is 11.8 Å². The van der Waals surface area contributed by atoms with Crippen LogP contribution in [0.2, 0.25) is 0 Å². The molecule has 0 bridgehead atoms. The first kappa shape index (κ1) is 13.6. The third kappa shape index (κ3) is 3.14. The van der Waals surface area contributed by atoms with Gasteiger partial charge in [-0.1, -0.05) is 26.7 Å². The van der Waals surface area contributed by atoms with Crippen molar-refractivity contribution in [1.82, 2.24) is 15.1 Å². The summed E-state index contributed by atoms with van der Waals surface area (Å²) in [6, 6.07) is 0.489. The Morgan fingerprint density at radius 2 is 2.11 bits per heavy atom. The van der Waals surface area contributed by atoms with Crippen molar-refractivity contribution in [2.45, 2.75) is 58.5 Å². The molecule has 0 aromatic carbocycles. The maximum atomic E-state index is 4.46. The van der Waals surface area contributed by atoms with Crippen LogP contribution in [0.15, 0.2) is 12.4 Å². The van der Waals surface area contributed by atoms with Crippen molar-refractivity contribution in [3.8, 4) is 0 Å². The number of hydrogen-bond acceptors (Lipinski definition) is 2. The summed E-state index contributed by atoms with van der Waals surface area (Å²) in [6.07, 6.45) is 10.9. The molecule has 2 rings (SSSR count). The van der Waals surface area contributed by atoms with Crippen LogP contribution in [0.25, 0.3) is 0 Å². The molecule has 1 N–H and O–H groups in total. The molecule has 1 aromatic rings. The number of hydrogen-bond donors (Lipinski definition) is 1. The highest BCUT2D eigenvalue weighted by atomic mass is 15.3. The topological polar surface area (TPSA) is 29.9 Å². The zero-order chi connectivity index (χ0) is 13.0. The molecule has 0 aliphatic heterocycles. The second-order valence-electron chi connectivity index (χ2n) is 5.82. The summed E-state index contributed by atoms with van der Waals surface area (Å²) in [4.78, 5) is 0. The summed E-state index contributed by atoms with van der Waals surface area (Å²) in [5.74, 6) is 1.70. The van der Waals surface area contributed by atoms with E-state index in [1.807, 2.05) is 0 Å². The van der Waals surface area contributed by atoms with E-state index in [9.17, 15) is 0 Å². The minimum Gasteiger partial charge on any atom is -0.313 e. The molecule has 0 saturated heterocycles. The molecule has 1 aliphatic carbocycles. The summed E-state index contributed by atoms with van der Waals surface area (Å²) in [5, 5.41) is 7.97. The van der Waals surface area contributed by atoms with Gasteiger partial charge in [0.1, 0.15) is 0 Å². The Hall–Kier alpha value is -0.830. The summed E-state index contributed by atoms with van der Waals surface area (Å²) in [5.41, 5.74) is 1.37. The van der Waals surface area contributed by atoms with Gasteiger partial charge >= 0.3 is 0 Å². The predicted molar refractivity (Wildman–Crippen MR) is 75.4 cm³/mol. The van der Waals surface area contributed by atoms with Gasteiger partial charge in [0.2, 0.25) is 0 Å². The summed E-state index contributed by atoms with van der Waals surface area (Å²) < 4.78 is 2.07. The Balaban J connectivity index is 2.02. The van der Waals surface area contributed by atoms with E-state index in [0.717, 1.165) is 24.8 Å².